The van der Waals surface area contributed by atoms with Crippen molar-refractivity contribution in [2.75, 3.05) is 0 Å². The van der Waals surface area contributed by atoms with Gasteiger partial charge in [-0.15, -0.1) is 0 Å². The van der Waals surface area contributed by atoms with Gasteiger partial charge < -0.3 is 3.87 Å². The normalized spacial score (nSPS) is 16.6. The maximum atomic E-state index is 13.2. The number of benzene rings is 1. The molecule has 0 heterocycles. The van der Waals surface area contributed by atoms with Crippen molar-refractivity contribution < 1.29 is 25.5 Å². The zero-order chi connectivity index (χ0) is 20.6. The van der Waals surface area contributed by atoms with Gasteiger partial charge in [0.05, 0.1) is 0 Å². The third-order valence-electron chi connectivity index (χ3n) is 6.02. The van der Waals surface area contributed by atoms with Crippen molar-refractivity contribution in [1.82, 2.24) is 0 Å². The molecular weight excluding hydrogens is 381 g/mol. The summed E-state index contributed by atoms with van der Waals surface area (Å²) in [7, 11) is -9.30. The molecule has 0 fully saturated rings. The Morgan fingerprint density at radius 1 is 1.04 bits per heavy atom. The first-order chi connectivity index (χ1) is 11.6. The highest BCUT2D eigenvalue weighted by molar-refractivity contribution is 7.88. The largest absolute Gasteiger partial charge is 0.522 e. The first kappa shape index (κ1) is 23.2. The van der Waals surface area contributed by atoms with Crippen LogP contribution < -0.4 is 0 Å². The van der Waals surface area contributed by atoms with E-state index in [4.69, 9.17) is 3.87 Å². The molecule has 0 bridgehead atoms. The van der Waals surface area contributed by atoms with E-state index < -0.39 is 34.0 Å². The molecule has 8 heteroatoms. The van der Waals surface area contributed by atoms with Crippen molar-refractivity contribution in [3.05, 3.63) is 35.9 Å². The summed E-state index contributed by atoms with van der Waals surface area (Å²) in [4.78, 5) is 0. The van der Waals surface area contributed by atoms with Crippen molar-refractivity contribution in [1.29, 1.82) is 0 Å². The SMILES string of the molecule is CC[Si](OS(=O)(=O)C(F)(F)F)(C(C)(C)c1ccccc1)C(C)(C)C(C)C. The van der Waals surface area contributed by atoms with Crippen LogP contribution in [-0.2, 0) is 19.0 Å². The number of hydrogen-bond acceptors (Lipinski definition) is 3. The molecule has 0 aromatic heterocycles. The molecule has 0 saturated heterocycles. The predicted octanol–water partition coefficient (Wildman–Crippen LogP) is 5.77. The predicted molar refractivity (Wildman–Crippen MR) is 101 cm³/mol. The van der Waals surface area contributed by atoms with Crippen molar-refractivity contribution in [2.45, 2.75) is 70.1 Å². The van der Waals surface area contributed by atoms with Crippen LogP contribution in [-0.4, -0.2) is 22.2 Å². The van der Waals surface area contributed by atoms with Crippen LogP contribution in [0, 0.1) is 5.92 Å². The molecule has 1 rings (SSSR count). The fourth-order valence-electron chi connectivity index (χ4n) is 3.76. The Morgan fingerprint density at radius 2 is 1.50 bits per heavy atom. The Morgan fingerprint density at radius 3 is 1.85 bits per heavy atom. The minimum absolute atomic E-state index is 0.0689. The van der Waals surface area contributed by atoms with E-state index in [1.165, 1.54) is 0 Å². The van der Waals surface area contributed by atoms with Gasteiger partial charge in [-0.1, -0.05) is 78.8 Å². The second-order valence-corrected chi connectivity index (χ2v) is 15.0. The zero-order valence-electron chi connectivity index (χ0n) is 16.4. The molecule has 0 spiro atoms. The van der Waals surface area contributed by atoms with Gasteiger partial charge in [0.15, 0.2) is 0 Å². The Labute approximate surface area is 156 Å². The third kappa shape index (κ3) is 3.73. The number of hydrogen-bond donors (Lipinski definition) is 0. The van der Waals surface area contributed by atoms with E-state index in [9.17, 15) is 21.6 Å². The number of halogens is 3. The lowest BCUT2D eigenvalue weighted by molar-refractivity contribution is -0.0508. The minimum Gasteiger partial charge on any atom is -0.306 e. The van der Waals surface area contributed by atoms with Gasteiger partial charge in [-0.3, -0.25) is 0 Å². The van der Waals surface area contributed by atoms with E-state index >= 15 is 0 Å². The monoisotopic (exact) mass is 410 g/mol. The van der Waals surface area contributed by atoms with Crippen molar-refractivity contribution >= 4 is 18.4 Å². The van der Waals surface area contributed by atoms with E-state index in [2.05, 4.69) is 0 Å². The summed E-state index contributed by atoms with van der Waals surface area (Å²) in [6.45, 7) is 12.8. The molecule has 1 aromatic rings. The molecule has 0 N–H and O–H groups in total. The molecular formula is C18H29F3O3SSi. The van der Waals surface area contributed by atoms with E-state index in [0.717, 1.165) is 5.56 Å². The highest BCUT2D eigenvalue weighted by Crippen LogP contribution is 2.56. The van der Waals surface area contributed by atoms with Crippen LogP contribution in [0.4, 0.5) is 13.2 Å². The van der Waals surface area contributed by atoms with Crippen LogP contribution in [0.15, 0.2) is 30.3 Å². The molecule has 1 unspecified atom stereocenters. The van der Waals surface area contributed by atoms with Gasteiger partial charge in [0.1, 0.15) is 0 Å². The molecule has 3 nitrogen and oxygen atoms in total. The molecule has 0 aliphatic heterocycles. The number of alkyl halides is 3. The van der Waals surface area contributed by atoms with E-state index in [1.54, 1.807) is 32.9 Å². The van der Waals surface area contributed by atoms with Crippen LogP contribution in [0.5, 0.6) is 0 Å². The van der Waals surface area contributed by atoms with Crippen molar-refractivity contribution in [2.24, 2.45) is 5.92 Å². The molecule has 0 saturated carbocycles. The Hall–Kier alpha value is -0.863. The first-order valence-electron chi connectivity index (χ1n) is 8.64. The third-order valence-corrected chi connectivity index (χ3v) is 14.6. The fraction of sp³-hybridized carbons (Fsp3) is 0.667. The lowest BCUT2D eigenvalue weighted by Gasteiger charge is -2.54. The summed E-state index contributed by atoms with van der Waals surface area (Å²) >= 11 is 0. The summed E-state index contributed by atoms with van der Waals surface area (Å²) in [5, 5.41) is -1.60. The molecule has 0 aliphatic carbocycles. The maximum Gasteiger partial charge on any atom is 0.522 e. The van der Waals surface area contributed by atoms with E-state index in [0.29, 0.717) is 0 Å². The molecule has 0 radical (unpaired) electrons. The van der Waals surface area contributed by atoms with Gasteiger partial charge in [0, 0.05) is 5.04 Å². The first-order valence-corrected chi connectivity index (χ1v) is 12.2. The molecule has 150 valence electrons. The quantitative estimate of drug-likeness (QED) is 0.423. The summed E-state index contributed by atoms with van der Waals surface area (Å²) in [5.41, 5.74) is -4.67. The summed E-state index contributed by atoms with van der Waals surface area (Å²) in [6, 6.07) is 9.28. The molecule has 1 atom stereocenters. The van der Waals surface area contributed by atoms with Gasteiger partial charge in [-0.2, -0.15) is 21.6 Å². The van der Waals surface area contributed by atoms with Gasteiger partial charge >= 0.3 is 15.6 Å². The van der Waals surface area contributed by atoms with Crippen molar-refractivity contribution in [3.8, 4) is 0 Å². The Bertz CT molecular complexity index is 713. The van der Waals surface area contributed by atoms with Crippen LogP contribution >= 0.6 is 0 Å². The number of rotatable bonds is 7. The summed E-state index contributed by atoms with van der Waals surface area (Å²) in [5.74, 6) is -0.0689. The second kappa shape index (κ2) is 7.28. The van der Waals surface area contributed by atoms with Crippen LogP contribution in [0.25, 0.3) is 0 Å². The van der Waals surface area contributed by atoms with Crippen LogP contribution in [0.2, 0.25) is 11.1 Å². The average molecular weight is 411 g/mol. The minimum atomic E-state index is -5.71. The van der Waals surface area contributed by atoms with Gasteiger partial charge in [-0.25, -0.2) is 0 Å². The lowest BCUT2D eigenvalue weighted by atomic mass is 9.98. The Kier molecular flexibility index (Phi) is 6.49. The average Bonchev–Trinajstić information content (AvgIpc) is 2.51. The summed E-state index contributed by atoms with van der Waals surface area (Å²) in [6.07, 6.45) is 0. The lowest BCUT2D eigenvalue weighted by Crippen LogP contribution is -2.64. The van der Waals surface area contributed by atoms with Gasteiger partial charge in [-0.05, 0) is 22.6 Å². The zero-order valence-corrected chi connectivity index (χ0v) is 18.3. The molecule has 1 aromatic carbocycles. The topological polar surface area (TPSA) is 43.4 Å². The maximum absolute atomic E-state index is 13.2. The smallest absolute Gasteiger partial charge is 0.306 e. The van der Waals surface area contributed by atoms with Gasteiger partial charge in [0.25, 0.3) is 0 Å². The van der Waals surface area contributed by atoms with Crippen LogP contribution in [0.3, 0.4) is 0 Å². The second-order valence-electron chi connectivity index (χ2n) is 8.03. The van der Waals surface area contributed by atoms with E-state index in [1.807, 2.05) is 45.9 Å². The van der Waals surface area contributed by atoms with Crippen LogP contribution in [0.1, 0.15) is 54.0 Å². The molecule has 0 aliphatic rings. The standard InChI is InChI=1S/C18H29F3O3SSi/c1-8-26(16(4,5)14(2)3,24-25(22,23)18(19,20)21)17(6,7)15-12-10-9-11-13-15/h9-14H,8H2,1-7H3. The van der Waals surface area contributed by atoms with Crippen molar-refractivity contribution in [3.63, 3.8) is 0 Å². The van der Waals surface area contributed by atoms with E-state index in [-0.39, 0.29) is 12.0 Å². The fourth-order valence-corrected chi connectivity index (χ4v) is 12.8. The highest BCUT2D eigenvalue weighted by atomic mass is 32.2. The Balaban J connectivity index is 3.78. The summed E-state index contributed by atoms with van der Waals surface area (Å²) < 4.78 is 69.0. The highest BCUT2D eigenvalue weighted by Gasteiger charge is 2.64. The molecule has 0 amide bonds. The molecule has 26 heavy (non-hydrogen) atoms. The van der Waals surface area contributed by atoms with Gasteiger partial charge in [0.2, 0.25) is 8.32 Å².